The molecule has 0 fully saturated rings. The van der Waals surface area contributed by atoms with Crippen molar-refractivity contribution in [2.45, 2.75) is 13.1 Å². The second-order valence-electron chi connectivity index (χ2n) is 7.72. The van der Waals surface area contributed by atoms with E-state index in [2.05, 4.69) is 5.32 Å². The number of fused-ring (bicyclic) bond motifs is 1. The molecule has 0 unspecified atom stereocenters. The maximum Gasteiger partial charge on any atom is 0.416 e. The van der Waals surface area contributed by atoms with E-state index in [1.165, 1.54) is 6.07 Å². The summed E-state index contributed by atoms with van der Waals surface area (Å²) in [5.41, 5.74) is -0.462. The van der Waals surface area contributed by atoms with Crippen molar-refractivity contribution in [3.05, 3.63) is 91.0 Å². The van der Waals surface area contributed by atoms with E-state index in [0.29, 0.717) is 27.2 Å². The lowest BCUT2D eigenvalue weighted by molar-refractivity contribution is -0.137. The highest BCUT2D eigenvalue weighted by molar-refractivity contribution is 6.33. The van der Waals surface area contributed by atoms with Crippen LogP contribution in [0.2, 0.25) is 15.1 Å². The van der Waals surface area contributed by atoms with Crippen molar-refractivity contribution in [2.24, 2.45) is 0 Å². The van der Waals surface area contributed by atoms with E-state index >= 15 is 0 Å². The maximum atomic E-state index is 13.3. The van der Waals surface area contributed by atoms with E-state index in [1.807, 2.05) is 0 Å². The molecule has 1 amide bonds. The number of carbonyl (C=O) groups is 1. The molecule has 1 heterocycles. The molecule has 11 heteroatoms. The summed E-state index contributed by atoms with van der Waals surface area (Å²) in [5.74, 6) is -1.09. The predicted octanol–water partition coefficient (Wildman–Crippen LogP) is 7.76. The lowest BCUT2D eigenvalue weighted by Crippen LogP contribution is -2.23. The Bertz CT molecular complexity index is 1530. The standard InChI is InChI=1S/C25H15Cl3F3NO4/c1-12-8-20-16(10-18(12)28)22(34)24(23(36-20)13-2-5-15(26)6-3-13)35-11-21(33)32-19-9-14(25(29,30)31)4-7-17(19)27/h2-10H,11H2,1H3,(H,32,33). The molecule has 3 aromatic carbocycles. The highest BCUT2D eigenvalue weighted by Gasteiger charge is 2.31. The van der Waals surface area contributed by atoms with Crippen molar-refractivity contribution >= 4 is 57.4 Å². The predicted molar refractivity (Wildman–Crippen MR) is 133 cm³/mol. The Morgan fingerprint density at radius 1 is 1.00 bits per heavy atom. The molecule has 0 aliphatic rings. The average Bonchev–Trinajstić information content (AvgIpc) is 2.81. The van der Waals surface area contributed by atoms with Crippen LogP contribution >= 0.6 is 34.8 Å². The summed E-state index contributed by atoms with van der Waals surface area (Å²) < 4.78 is 50.6. The Kier molecular flexibility index (Phi) is 7.22. The van der Waals surface area contributed by atoms with Gasteiger partial charge in [0.2, 0.25) is 11.2 Å². The van der Waals surface area contributed by atoms with Crippen molar-refractivity contribution in [3.63, 3.8) is 0 Å². The molecule has 0 bridgehead atoms. The molecule has 4 rings (SSSR count). The largest absolute Gasteiger partial charge is 0.476 e. The van der Waals surface area contributed by atoms with Crippen LogP contribution in [0.15, 0.2) is 63.8 Å². The van der Waals surface area contributed by atoms with Crippen molar-refractivity contribution in [2.75, 3.05) is 11.9 Å². The smallest absolute Gasteiger partial charge is 0.416 e. The maximum absolute atomic E-state index is 13.3. The third kappa shape index (κ3) is 5.46. The number of rotatable bonds is 5. The van der Waals surface area contributed by atoms with Gasteiger partial charge in [0.05, 0.1) is 21.7 Å². The first kappa shape index (κ1) is 25.9. The van der Waals surface area contributed by atoms with Crippen LogP contribution in [0.4, 0.5) is 18.9 Å². The van der Waals surface area contributed by atoms with Crippen molar-refractivity contribution in [1.29, 1.82) is 0 Å². The minimum atomic E-state index is -4.63. The average molecular weight is 557 g/mol. The van der Waals surface area contributed by atoms with E-state index in [0.717, 1.165) is 12.1 Å². The number of anilines is 1. The normalized spacial score (nSPS) is 11.5. The zero-order valence-electron chi connectivity index (χ0n) is 18.3. The molecule has 186 valence electrons. The number of ether oxygens (including phenoxy) is 1. The molecule has 0 atom stereocenters. The molecule has 0 aliphatic carbocycles. The summed E-state index contributed by atoms with van der Waals surface area (Å²) in [4.78, 5) is 25.8. The number of nitrogens with one attached hydrogen (secondary N) is 1. The van der Waals surface area contributed by atoms with Gasteiger partial charge < -0.3 is 14.5 Å². The summed E-state index contributed by atoms with van der Waals surface area (Å²) >= 11 is 18.1. The van der Waals surface area contributed by atoms with Gasteiger partial charge in [-0.3, -0.25) is 9.59 Å². The number of hydrogen-bond acceptors (Lipinski definition) is 4. The van der Waals surface area contributed by atoms with E-state index in [9.17, 15) is 22.8 Å². The number of carbonyl (C=O) groups excluding carboxylic acids is 1. The molecule has 0 radical (unpaired) electrons. The fourth-order valence-corrected chi connectivity index (χ4v) is 3.80. The molecule has 4 aromatic rings. The van der Waals surface area contributed by atoms with Crippen LogP contribution < -0.4 is 15.5 Å². The summed E-state index contributed by atoms with van der Waals surface area (Å²) in [5, 5.41) is 3.07. The number of benzene rings is 3. The molecule has 36 heavy (non-hydrogen) atoms. The van der Waals surface area contributed by atoms with Crippen molar-refractivity contribution in [3.8, 4) is 17.1 Å². The highest BCUT2D eigenvalue weighted by Crippen LogP contribution is 2.35. The molecule has 1 N–H and O–H groups in total. The highest BCUT2D eigenvalue weighted by atomic mass is 35.5. The Morgan fingerprint density at radius 3 is 2.36 bits per heavy atom. The topological polar surface area (TPSA) is 68.5 Å². The van der Waals surface area contributed by atoms with Crippen LogP contribution in [0.5, 0.6) is 5.75 Å². The second kappa shape index (κ2) is 10.0. The third-order valence-electron chi connectivity index (χ3n) is 5.15. The summed E-state index contributed by atoms with van der Waals surface area (Å²) in [6.07, 6.45) is -4.63. The van der Waals surface area contributed by atoms with Crippen LogP contribution in [0, 0.1) is 6.92 Å². The van der Waals surface area contributed by atoms with Crippen molar-refractivity contribution < 1.29 is 27.1 Å². The van der Waals surface area contributed by atoms with Gasteiger partial charge >= 0.3 is 6.18 Å². The van der Waals surface area contributed by atoms with Crippen LogP contribution in [0.25, 0.3) is 22.3 Å². The Hall–Kier alpha value is -3.20. The zero-order chi connectivity index (χ0) is 26.2. The van der Waals surface area contributed by atoms with Gasteiger partial charge in [-0.1, -0.05) is 34.8 Å². The van der Waals surface area contributed by atoms with Gasteiger partial charge in [-0.15, -0.1) is 0 Å². The Labute approximate surface area is 217 Å². The molecule has 1 aromatic heterocycles. The van der Waals surface area contributed by atoms with E-state index in [-0.39, 0.29) is 33.2 Å². The molecule has 0 saturated carbocycles. The first-order valence-electron chi connectivity index (χ1n) is 10.3. The first-order chi connectivity index (χ1) is 16.9. The second-order valence-corrected chi connectivity index (χ2v) is 8.97. The van der Waals surface area contributed by atoms with Gasteiger partial charge in [0.1, 0.15) is 5.58 Å². The monoisotopic (exact) mass is 555 g/mol. The molecular formula is C25H15Cl3F3NO4. The lowest BCUT2D eigenvalue weighted by Gasteiger charge is -2.14. The minimum absolute atomic E-state index is 0.0378. The van der Waals surface area contributed by atoms with Gasteiger partial charge in [-0.25, -0.2) is 0 Å². The lowest BCUT2D eigenvalue weighted by atomic mass is 10.1. The minimum Gasteiger partial charge on any atom is -0.476 e. The fraction of sp³-hybridized carbons (Fsp3) is 0.120. The number of aryl methyl sites for hydroxylation is 1. The van der Waals surface area contributed by atoms with Gasteiger partial charge in [-0.05, 0) is 67.1 Å². The molecule has 0 aliphatic heterocycles. The molecule has 5 nitrogen and oxygen atoms in total. The molecular weight excluding hydrogens is 542 g/mol. The van der Waals surface area contributed by atoms with E-state index in [1.54, 1.807) is 37.3 Å². The first-order valence-corrected chi connectivity index (χ1v) is 11.4. The SMILES string of the molecule is Cc1cc2oc(-c3ccc(Cl)cc3)c(OCC(=O)Nc3cc(C(F)(F)F)ccc3Cl)c(=O)c2cc1Cl. The fourth-order valence-electron chi connectivity index (χ4n) is 3.34. The van der Waals surface area contributed by atoms with Gasteiger partial charge in [0.25, 0.3) is 5.91 Å². The number of amides is 1. The van der Waals surface area contributed by atoms with Crippen molar-refractivity contribution in [1.82, 2.24) is 0 Å². The van der Waals surface area contributed by atoms with Crippen LogP contribution in [-0.2, 0) is 11.0 Å². The number of alkyl halides is 3. The van der Waals surface area contributed by atoms with Crippen LogP contribution in [0.1, 0.15) is 11.1 Å². The van der Waals surface area contributed by atoms with E-state index < -0.39 is 29.7 Å². The summed E-state index contributed by atoms with van der Waals surface area (Å²) in [7, 11) is 0. The van der Waals surface area contributed by atoms with E-state index in [4.69, 9.17) is 44.0 Å². The van der Waals surface area contributed by atoms with Gasteiger partial charge in [-0.2, -0.15) is 13.2 Å². The number of halogens is 6. The quantitative estimate of drug-likeness (QED) is 0.273. The number of hydrogen-bond donors (Lipinski definition) is 1. The summed E-state index contributed by atoms with van der Waals surface area (Å²) in [6.45, 7) is 1.03. The third-order valence-corrected chi connectivity index (χ3v) is 6.14. The Morgan fingerprint density at radius 2 is 1.69 bits per heavy atom. The van der Waals surface area contributed by atoms with Crippen LogP contribution in [0.3, 0.4) is 0 Å². The zero-order valence-corrected chi connectivity index (χ0v) is 20.6. The Balaban J connectivity index is 1.69. The summed E-state index contributed by atoms with van der Waals surface area (Å²) in [6, 6.07) is 11.9. The molecule has 0 saturated heterocycles. The van der Waals surface area contributed by atoms with Gasteiger partial charge in [0, 0.05) is 15.6 Å². The van der Waals surface area contributed by atoms with Gasteiger partial charge in [0.15, 0.2) is 12.4 Å². The molecule has 0 spiro atoms. The van der Waals surface area contributed by atoms with Crippen LogP contribution in [-0.4, -0.2) is 12.5 Å².